The fourth-order valence-electron chi connectivity index (χ4n) is 1.86. The monoisotopic (exact) mass is 417 g/mol. The molecule has 1 aromatic heterocycles. The SMILES string of the molecule is COCc1ccccc1NC(N)=NCC(O)c1ccco1.I. The van der Waals surface area contributed by atoms with Crippen LogP contribution in [0, 0.1) is 0 Å². The average Bonchev–Trinajstić information content (AvgIpc) is 3.01. The number of para-hydroxylation sites is 1. The zero-order chi connectivity index (χ0) is 15.1. The van der Waals surface area contributed by atoms with Crippen molar-refractivity contribution in [3.05, 3.63) is 54.0 Å². The summed E-state index contributed by atoms with van der Waals surface area (Å²) in [6.45, 7) is 0.601. The lowest BCUT2D eigenvalue weighted by atomic mass is 10.2. The number of aliphatic hydroxyl groups is 1. The Bertz CT molecular complexity index is 587. The lowest BCUT2D eigenvalue weighted by Gasteiger charge is -2.11. The van der Waals surface area contributed by atoms with Crippen LogP contribution in [0.4, 0.5) is 5.69 Å². The van der Waals surface area contributed by atoms with Gasteiger partial charge in [-0.2, -0.15) is 0 Å². The average molecular weight is 417 g/mol. The van der Waals surface area contributed by atoms with E-state index in [2.05, 4.69) is 10.3 Å². The smallest absolute Gasteiger partial charge is 0.193 e. The minimum absolute atomic E-state index is 0. The van der Waals surface area contributed by atoms with Gasteiger partial charge in [0.25, 0.3) is 0 Å². The van der Waals surface area contributed by atoms with Gasteiger partial charge in [-0.05, 0) is 18.2 Å². The molecule has 2 aromatic rings. The molecule has 7 heteroatoms. The van der Waals surface area contributed by atoms with E-state index < -0.39 is 6.10 Å². The van der Waals surface area contributed by atoms with Crippen LogP contribution in [0.3, 0.4) is 0 Å². The van der Waals surface area contributed by atoms with Crippen LogP contribution < -0.4 is 11.1 Å². The highest BCUT2D eigenvalue weighted by atomic mass is 127. The molecule has 1 aromatic carbocycles. The van der Waals surface area contributed by atoms with Gasteiger partial charge in [0.05, 0.1) is 19.4 Å². The Morgan fingerprint density at radius 1 is 1.36 bits per heavy atom. The second-order valence-corrected chi connectivity index (χ2v) is 4.47. The first-order valence-corrected chi connectivity index (χ1v) is 6.56. The van der Waals surface area contributed by atoms with Crippen LogP contribution in [0.5, 0.6) is 0 Å². The third-order valence-electron chi connectivity index (χ3n) is 2.89. The van der Waals surface area contributed by atoms with Crippen LogP contribution in [0.15, 0.2) is 52.1 Å². The van der Waals surface area contributed by atoms with E-state index in [1.165, 1.54) is 6.26 Å². The summed E-state index contributed by atoms with van der Waals surface area (Å²) in [4.78, 5) is 4.11. The predicted molar refractivity (Wildman–Crippen MR) is 96.3 cm³/mol. The molecule has 0 aliphatic heterocycles. The van der Waals surface area contributed by atoms with Crippen molar-refractivity contribution in [2.45, 2.75) is 12.7 Å². The van der Waals surface area contributed by atoms with Crippen LogP contribution in [0.1, 0.15) is 17.4 Å². The van der Waals surface area contributed by atoms with Crippen molar-refractivity contribution in [3.63, 3.8) is 0 Å². The maximum atomic E-state index is 9.86. The number of aliphatic hydroxyl groups excluding tert-OH is 1. The Balaban J connectivity index is 0.00000242. The number of hydrogen-bond donors (Lipinski definition) is 3. The van der Waals surface area contributed by atoms with Gasteiger partial charge in [-0.3, -0.25) is 0 Å². The number of benzene rings is 1. The molecule has 2 rings (SSSR count). The van der Waals surface area contributed by atoms with E-state index in [-0.39, 0.29) is 36.5 Å². The highest BCUT2D eigenvalue weighted by Crippen LogP contribution is 2.16. The Hall–Kier alpha value is -1.58. The number of ether oxygens (including phenoxy) is 1. The van der Waals surface area contributed by atoms with E-state index in [0.717, 1.165) is 11.3 Å². The van der Waals surface area contributed by atoms with Crippen molar-refractivity contribution in [3.8, 4) is 0 Å². The summed E-state index contributed by atoms with van der Waals surface area (Å²) >= 11 is 0. The Morgan fingerprint density at radius 3 is 2.82 bits per heavy atom. The number of guanidine groups is 1. The second-order valence-electron chi connectivity index (χ2n) is 4.47. The van der Waals surface area contributed by atoms with Crippen LogP contribution in [-0.4, -0.2) is 24.7 Å². The van der Waals surface area contributed by atoms with Gasteiger partial charge in [-0.15, -0.1) is 24.0 Å². The van der Waals surface area contributed by atoms with Gasteiger partial charge in [0.2, 0.25) is 0 Å². The lowest BCUT2D eigenvalue weighted by molar-refractivity contribution is 0.158. The van der Waals surface area contributed by atoms with Crippen molar-refractivity contribution in [1.29, 1.82) is 0 Å². The molecule has 0 aliphatic rings. The molecule has 0 saturated heterocycles. The van der Waals surface area contributed by atoms with Crippen molar-refractivity contribution >= 4 is 35.6 Å². The molecule has 4 N–H and O–H groups in total. The van der Waals surface area contributed by atoms with Crippen LogP contribution >= 0.6 is 24.0 Å². The fourth-order valence-corrected chi connectivity index (χ4v) is 1.86. The van der Waals surface area contributed by atoms with Crippen LogP contribution in [0.25, 0.3) is 0 Å². The summed E-state index contributed by atoms with van der Waals surface area (Å²) in [6, 6.07) is 11.1. The molecular weight excluding hydrogens is 397 g/mol. The summed E-state index contributed by atoms with van der Waals surface area (Å²) < 4.78 is 10.2. The van der Waals surface area contributed by atoms with E-state index >= 15 is 0 Å². The standard InChI is InChI=1S/C15H19N3O3.HI/c1-20-10-11-5-2-3-6-12(11)18-15(16)17-9-13(19)14-7-4-8-21-14;/h2-8,13,19H,9-10H2,1H3,(H3,16,17,18);1H. The number of nitrogens with zero attached hydrogens (tertiary/aromatic N) is 1. The van der Waals surface area contributed by atoms with Gasteiger partial charge in [0.1, 0.15) is 11.9 Å². The van der Waals surface area contributed by atoms with Gasteiger partial charge in [-0.1, -0.05) is 18.2 Å². The van der Waals surface area contributed by atoms with E-state index in [0.29, 0.717) is 12.4 Å². The molecule has 0 amide bonds. The van der Waals surface area contributed by atoms with E-state index in [9.17, 15) is 5.11 Å². The third kappa shape index (κ3) is 5.32. The molecule has 0 bridgehead atoms. The normalized spacial score (nSPS) is 12.5. The second kappa shape index (κ2) is 9.44. The highest BCUT2D eigenvalue weighted by molar-refractivity contribution is 14.0. The lowest BCUT2D eigenvalue weighted by Crippen LogP contribution is -2.24. The molecular formula is C15H20IN3O3. The number of nitrogens with one attached hydrogen (secondary N) is 1. The van der Waals surface area contributed by atoms with E-state index in [4.69, 9.17) is 14.9 Å². The van der Waals surface area contributed by atoms with Crippen LogP contribution in [-0.2, 0) is 11.3 Å². The molecule has 120 valence electrons. The summed E-state index contributed by atoms with van der Waals surface area (Å²) in [6.07, 6.45) is 0.694. The minimum atomic E-state index is -0.811. The topological polar surface area (TPSA) is 93.0 Å². The predicted octanol–water partition coefficient (Wildman–Crippen LogP) is 2.50. The van der Waals surface area contributed by atoms with Crippen molar-refractivity contribution in [2.75, 3.05) is 19.0 Å². The van der Waals surface area contributed by atoms with Gasteiger partial charge >= 0.3 is 0 Å². The number of furan rings is 1. The fraction of sp³-hybridized carbons (Fsp3) is 0.267. The number of anilines is 1. The molecule has 0 saturated carbocycles. The Morgan fingerprint density at radius 2 is 2.14 bits per heavy atom. The van der Waals surface area contributed by atoms with E-state index in [1.54, 1.807) is 19.2 Å². The first kappa shape index (κ1) is 18.5. The first-order valence-electron chi connectivity index (χ1n) is 6.56. The largest absolute Gasteiger partial charge is 0.467 e. The number of nitrogens with two attached hydrogens (primary N) is 1. The molecule has 1 unspecified atom stereocenters. The molecule has 1 heterocycles. The van der Waals surface area contributed by atoms with Gasteiger partial charge in [-0.25, -0.2) is 4.99 Å². The molecule has 0 aliphatic carbocycles. The quantitative estimate of drug-likeness (QED) is 0.382. The summed E-state index contributed by atoms with van der Waals surface area (Å²) in [5, 5.41) is 12.9. The maximum Gasteiger partial charge on any atom is 0.193 e. The summed E-state index contributed by atoms with van der Waals surface area (Å²) in [7, 11) is 1.63. The molecule has 6 nitrogen and oxygen atoms in total. The van der Waals surface area contributed by atoms with Crippen molar-refractivity contribution in [2.24, 2.45) is 10.7 Å². The third-order valence-corrected chi connectivity index (χ3v) is 2.89. The van der Waals surface area contributed by atoms with Crippen molar-refractivity contribution in [1.82, 2.24) is 0 Å². The zero-order valence-corrected chi connectivity index (χ0v) is 14.6. The molecule has 1 atom stereocenters. The van der Waals surface area contributed by atoms with E-state index in [1.807, 2.05) is 24.3 Å². The Kier molecular flexibility index (Phi) is 7.92. The number of hydrogen-bond acceptors (Lipinski definition) is 4. The molecule has 22 heavy (non-hydrogen) atoms. The van der Waals surface area contributed by atoms with Crippen molar-refractivity contribution < 1.29 is 14.3 Å². The number of halogens is 1. The Labute approximate surface area is 146 Å². The van der Waals surface area contributed by atoms with Gasteiger partial charge < -0.3 is 25.3 Å². The highest BCUT2D eigenvalue weighted by Gasteiger charge is 2.09. The molecule has 0 radical (unpaired) electrons. The van der Waals surface area contributed by atoms with Gasteiger partial charge in [0.15, 0.2) is 5.96 Å². The number of rotatable bonds is 6. The molecule has 0 fully saturated rings. The van der Waals surface area contributed by atoms with Gasteiger partial charge in [0, 0.05) is 18.4 Å². The first-order chi connectivity index (χ1) is 10.2. The van der Waals surface area contributed by atoms with Crippen LogP contribution in [0.2, 0.25) is 0 Å². The summed E-state index contributed by atoms with van der Waals surface area (Å²) in [5.74, 6) is 0.690. The molecule has 0 spiro atoms. The maximum absolute atomic E-state index is 9.86. The minimum Gasteiger partial charge on any atom is -0.467 e. The summed E-state index contributed by atoms with van der Waals surface area (Å²) in [5.41, 5.74) is 7.63. The number of methoxy groups -OCH3 is 1. The zero-order valence-electron chi connectivity index (χ0n) is 12.2. The number of aliphatic imine (C=N–C) groups is 1.